The van der Waals surface area contributed by atoms with E-state index in [0.717, 1.165) is 5.57 Å². The minimum absolute atomic E-state index is 0.195. The standard InChI is InChI=1S/C10H14O2/c1-8-4-7-11-10(8)6-5-9(2,3)12-10/h4-6H,7H2,1-3H3. The van der Waals surface area contributed by atoms with Gasteiger partial charge in [-0.1, -0.05) is 12.2 Å². The summed E-state index contributed by atoms with van der Waals surface area (Å²) in [6.07, 6.45) is 6.12. The molecular formula is C10H14O2. The average Bonchev–Trinajstić information content (AvgIpc) is 2.43. The second-order valence-corrected chi connectivity index (χ2v) is 3.90. The van der Waals surface area contributed by atoms with Crippen molar-refractivity contribution in [1.82, 2.24) is 0 Å². The molecule has 0 radical (unpaired) electrons. The Kier molecular flexibility index (Phi) is 1.48. The first kappa shape index (κ1) is 8.02. The molecule has 0 aliphatic carbocycles. The lowest BCUT2D eigenvalue weighted by Crippen LogP contribution is -2.34. The molecule has 1 unspecified atom stereocenters. The Balaban J connectivity index is 2.28. The molecule has 0 N–H and O–H groups in total. The van der Waals surface area contributed by atoms with Gasteiger partial charge in [0.1, 0.15) is 0 Å². The third kappa shape index (κ3) is 1.03. The van der Waals surface area contributed by atoms with E-state index in [1.54, 1.807) is 0 Å². The Hall–Kier alpha value is -0.600. The third-order valence-electron chi connectivity index (χ3n) is 2.36. The molecule has 2 heteroatoms. The van der Waals surface area contributed by atoms with Crippen molar-refractivity contribution in [2.45, 2.75) is 32.2 Å². The molecule has 0 aromatic carbocycles. The fourth-order valence-electron chi connectivity index (χ4n) is 1.61. The number of ether oxygens (including phenoxy) is 2. The molecule has 12 heavy (non-hydrogen) atoms. The van der Waals surface area contributed by atoms with Crippen LogP contribution in [0.1, 0.15) is 20.8 Å². The summed E-state index contributed by atoms with van der Waals surface area (Å²) >= 11 is 0. The maximum Gasteiger partial charge on any atom is 0.211 e. The monoisotopic (exact) mass is 166 g/mol. The van der Waals surface area contributed by atoms with Gasteiger partial charge in [0.25, 0.3) is 0 Å². The number of rotatable bonds is 0. The van der Waals surface area contributed by atoms with E-state index in [1.807, 2.05) is 26.8 Å². The van der Waals surface area contributed by atoms with Crippen LogP contribution in [0.2, 0.25) is 0 Å². The molecule has 0 aromatic rings. The highest BCUT2D eigenvalue weighted by Crippen LogP contribution is 2.39. The summed E-state index contributed by atoms with van der Waals surface area (Å²) < 4.78 is 11.4. The Labute approximate surface area is 72.9 Å². The molecule has 2 aliphatic heterocycles. The SMILES string of the molecule is CC1=CCOC12C=CC(C)(C)O2. The van der Waals surface area contributed by atoms with Crippen molar-refractivity contribution in [2.75, 3.05) is 6.61 Å². The lowest BCUT2D eigenvalue weighted by molar-refractivity contribution is -0.189. The number of hydrogen-bond donors (Lipinski definition) is 0. The van der Waals surface area contributed by atoms with Crippen LogP contribution in [-0.4, -0.2) is 18.0 Å². The van der Waals surface area contributed by atoms with E-state index in [2.05, 4.69) is 12.2 Å². The maximum absolute atomic E-state index is 5.81. The van der Waals surface area contributed by atoms with Crippen molar-refractivity contribution < 1.29 is 9.47 Å². The molecule has 2 heterocycles. The molecule has 0 saturated carbocycles. The molecule has 2 rings (SSSR count). The second-order valence-electron chi connectivity index (χ2n) is 3.90. The molecular weight excluding hydrogens is 152 g/mol. The molecule has 0 aromatic heterocycles. The lowest BCUT2D eigenvalue weighted by atomic mass is 10.1. The third-order valence-corrected chi connectivity index (χ3v) is 2.36. The minimum Gasteiger partial charge on any atom is -0.339 e. The second kappa shape index (κ2) is 2.21. The molecule has 1 atom stereocenters. The van der Waals surface area contributed by atoms with E-state index >= 15 is 0 Å². The van der Waals surface area contributed by atoms with Crippen LogP contribution in [0.4, 0.5) is 0 Å². The van der Waals surface area contributed by atoms with Crippen LogP contribution in [0.25, 0.3) is 0 Å². The lowest BCUT2D eigenvalue weighted by Gasteiger charge is -2.28. The molecule has 2 nitrogen and oxygen atoms in total. The van der Waals surface area contributed by atoms with E-state index in [9.17, 15) is 0 Å². The van der Waals surface area contributed by atoms with E-state index in [4.69, 9.17) is 9.47 Å². The molecule has 0 bridgehead atoms. The molecule has 0 saturated heterocycles. The molecule has 2 aliphatic rings. The van der Waals surface area contributed by atoms with Gasteiger partial charge in [-0.05, 0) is 32.4 Å². The topological polar surface area (TPSA) is 18.5 Å². The van der Waals surface area contributed by atoms with Gasteiger partial charge < -0.3 is 9.47 Å². The van der Waals surface area contributed by atoms with Crippen LogP contribution in [0.15, 0.2) is 23.8 Å². The quantitative estimate of drug-likeness (QED) is 0.512. The summed E-state index contributed by atoms with van der Waals surface area (Å²) in [5.74, 6) is -0.538. The van der Waals surface area contributed by atoms with Crippen molar-refractivity contribution in [3.05, 3.63) is 23.8 Å². The molecule has 1 spiro atoms. The zero-order chi connectivity index (χ0) is 8.82. The summed E-state index contributed by atoms with van der Waals surface area (Å²) in [5.41, 5.74) is 0.962. The van der Waals surface area contributed by atoms with Gasteiger partial charge in [0.05, 0.1) is 12.2 Å². The van der Waals surface area contributed by atoms with Gasteiger partial charge in [-0.25, -0.2) is 0 Å². The normalized spacial score (nSPS) is 37.8. The first-order chi connectivity index (χ1) is 5.54. The van der Waals surface area contributed by atoms with Gasteiger partial charge in [-0.3, -0.25) is 0 Å². The zero-order valence-corrected chi connectivity index (χ0v) is 7.76. The highest BCUT2D eigenvalue weighted by molar-refractivity contribution is 5.29. The van der Waals surface area contributed by atoms with Crippen molar-refractivity contribution in [3.63, 3.8) is 0 Å². The Morgan fingerprint density at radius 3 is 2.50 bits per heavy atom. The van der Waals surface area contributed by atoms with Crippen molar-refractivity contribution >= 4 is 0 Å². The highest BCUT2D eigenvalue weighted by Gasteiger charge is 2.43. The Bertz CT molecular complexity index is 263. The summed E-state index contributed by atoms with van der Waals surface area (Å²) in [7, 11) is 0. The first-order valence-corrected chi connectivity index (χ1v) is 4.26. The van der Waals surface area contributed by atoms with Crippen molar-refractivity contribution in [2.24, 2.45) is 0 Å². The minimum atomic E-state index is -0.538. The largest absolute Gasteiger partial charge is 0.339 e. The van der Waals surface area contributed by atoms with Crippen molar-refractivity contribution in [1.29, 1.82) is 0 Å². The molecule has 0 fully saturated rings. The first-order valence-electron chi connectivity index (χ1n) is 4.26. The smallest absolute Gasteiger partial charge is 0.211 e. The van der Waals surface area contributed by atoms with E-state index in [0.29, 0.717) is 6.61 Å². The fourth-order valence-corrected chi connectivity index (χ4v) is 1.61. The maximum atomic E-state index is 5.81. The summed E-state index contributed by atoms with van der Waals surface area (Å²) in [6, 6.07) is 0. The van der Waals surface area contributed by atoms with Gasteiger partial charge in [0.2, 0.25) is 5.79 Å². The van der Waals surface area contributed by atoms with Crippen LogP contribution >= 0.6 is 0 Å². The summed E-state index contributed by atoms with van der Waals surface area (Å²) in [5, 5.41) is 0. The summed E-state index contributed by atoms with van der Waals surface area (Å²) in [4.78, 5) is 0. The van der Waals surface area contributed by atoms with Gasteiger partial charge in [-0.2, -0.15) is 0 Å². The van der Waals surface area contributed by atoms with Crippen LogP contribution in [0.3, 0.4) is 0 Å². The predicted octanol–water partition coefficient (Wildman–Crippen LogP) is 2.02. The Morgan fingerprint density at radius 2 is 2.08 bits per heavy atom. The van der Waals surface area contributed by atoms with Crippen LogP contribution < -0.4 is 0 Å². The van der Waals surface area contributed by atoms with Crippen LogP contribution in [0, 0.1) is 0 Å². The van der Waals surface area contributed by atoms with Gasteiger partial charge in [0, 0.05) is 0 Å². The van der Waals surface area contributed by atoms with E-state index in [1.165, 1.54) is 0 Å². The predicted molar refractivity (Wildman–Crippen MR) is 46.7 cm³/mol. The number of hydrogen-bond acceptors (Lipinski definition) is 2. The van der Waals surface area contributed by atoms with Crippen LogP contribution in [0.5, 0.6) is 0 Å². The fraction of sp³-hybridized carbons (Fsp3) is 0.600. The van der Waals surface area contributed by atoms with Gasteiger partial charge >= 0.3 is 0 Å². The summed E-state index contributed by atoms with van der Waals surface area (Å²) in [6.45, 7) is 6.77. The molecule has 0 amide bonds. The van der Waals surface area contributed by atoms with Crippen molar-refractivity contribution in [3.8, 4) is 0 Å². The zero-order valence-electron chi connectivity index (χ0n) is 7.76. The van der Waals surface area contributed by atoms with E-state index in [-0.39, 0.29) is 5.60 Å². The van der Waals surface area contributed by atoms with Gasteiger partial charge in [-0.15, -0.1) is 0 Å². The molecule has 66 valence electrons. The van der Waals surface area contributed by atoms with E-state index < -0.39 is 5.79 Å². The van der Waals surface area contributed by atoms with Crippen LogP contribution in [-0.2, 0) is 9.47 Å². The van der Waals surface area contributed by atoms with Gasteiger partial charge in [0.15, 0.2) is 0 Å². The highest BCUT2D eigenvalue weighted by atomic mass is 16.7. The Morgan fingerprint density at radius 1 is 1.33 bits per heavy atom. The average molecular weight is 166 g/mol.